The highest BCUT2D eigenvalue weighted by Crippen LogP contribution is 2.40. The molecule has 3 aromatic heterocycles. The minimum Gasteiger partial charge on any atom is -0.488 e. The lowest BCUT2D eigenvalue weighted by Crippen LogP contribution is -2.17. The molecule has 1 atom stereocenters. The summed E-state index contributed by atoms with van der Waals surface area (Å²) in [6.45, 7) is 6.24. The Kier molecular flexibility index (Phi) is 5.39. The first kappa shape index (κ1) is 22.2. The van der Waals surface area contributed by atoms with E-state index >= 15 is 0 Å². The van der Waals surface area contributed by atoms with Gasteiger partial charge in [-0.05, 0) is 62.2 Å². The molecule has 6 rings (SSSR count). The number of imidazole rings is 1. The number of anilines is 1. The summed E-state index contributed by atoms with van der Waals surface area (Å²) in [6.07, 6.45) is 7.61. The fourth-order valence-corrected chi connectivity index (χ4v) is 4.26. The molecule has 1 fully saturated rings. The number of nitrogens with zero attached hydrogens (tertiary/aromatic N) is 7. The van der Waals surface area contributed by atoms with Crippen LogP contribution in [0.25, 0.3) is 17.1 Å². The number of aromatic nitrogens is 7. The Morgan fingerprint density at radius 2 is 2.11 bits per heavy atom. The number of hydrogen-bond donors (Lipinski definition) is 1. The molecule has 36 heavy (non-hydrogen) atoms. The minimum atomic E-state index is -0.372. The van der Waals surface area contributed by atoms with Crippen LogP contribution in [0, 0.1) is 0 Å². The lowest BCUT2D eigenvalue weighted by Gasteiger charge is -2.16. The number of amides is 1. The number of rotatable bonds is 6. The van der Waals surface area contributed by atoms with Gasteiger partial charge in [0.1, 0.15) is 12.3 Å². The Morgan fingerprint density at radius 3 is 2.92 bits per heavy atom. The molecule has 4 aromatic rings. The van der Waals surface area contributed by atoms with Crippen molar-refractivity contribution in [2.24, 2.45) is 0 Å². The van der Waals surface area contributed by atoms with Crippen LogP contribution in [-0.2, 0) is 0 Å². The molecule has 0 unspecified atom stereocenters. The summed E-state index contributed by atoms with van der Waals surface area (Å²) >= 11 is 0. The molecule has 1 aromatic carbocycles. The Labute approximate surface area is 207 Å². The summed E-state index contributed by atoms with van der Waals surface area (Å²) in [5.74, 6) is 1.84. The van der Waals surface area contributed by atoms with Crippen LogP contribution in [-0.4, -0.2) is 53.4 Å². The van der Waals surface area contributed by atoms with Gasteiger partial charge in [0.05, 0.1) is 47.3 Å². The molecule has 1 amide bonds. The molecule has 2 aliphatic rings. The van der Waals surface area contributed by atoms with Gasteiger partial charge in [-0.1, -0.05) is 6.07 Å². The number of tetrazole rings is 1. The zero-order valence-corrected chi connectivity index (χ0v) is 20.3. The topological polar surface area (TPSA) is 122 Å². The number of fused-ring (bicyclic) bond motifs is 3. The number of carbonyl (C=O) groups is 1. The number of carbonyl (C=O) groups excluding carboxylic acids is 1. The molecule has 1 saturated carbocycles. The van der Waals surface area contributed by atoms with Gasteiger partial charge >= 0.3 is 0 Å². The number of para-hydroxylation sites is 1. The second-order valence-electron chi connectivity index (χ2n) is 9.43. The minimum absolute atomic E-state index is 0.0486. The van der Waals surface area contributed by atoms with Gasteiger partial charge in [0, 0.05) is 12.1 Å². The Balaban J connectivity index is 1.33. The largest absolute Gasteiger partial charge is 0.488 e. The zero-order chi connectivity index (χ0) is 24.8. The smallest absolute Gasteiger partial charge is 0.274 e. The number of ether oxygens (including phenoxy) is 2. The summed E-state index contributed by atoms with van der Waals surface area (Å²) in [4.78, 5) is 22.3. The second-order valence-corrected chi connectivity index (χ2v) is 9.43. The van der Waals surface area contributed by atoms with Crippen LogP contribution in [0.4, 0.5) is 5.69 Å². The number of hydrogen-bond acceptors (Lipinski definition) is 8. The van der Waals surface area contributed by atoms with Crippen molar-refractivity contribution >= 4 is 11.6 Å². The van der Waals surface area contributed by atoms with Crippen molar-refractivity contribution in [3.63, 3.8) is 0 Å². The normalized spacial score (nSPS) is 16.6. The number of nitrogens with one attached hydrogen (secondary N) is 1. The molecule has 184 valence electrons. The SMILES string of the molecule is CC(C)Oc1cnc(C(=O)Nc2cccc3c2OC[C@H](C)n2nnnc2-3)cc1-n1cnc(C2CC2)c1. The van der Waals surface area contributed by atoms with Gasteiger partial charge in [-0.2, -0.15) is 0 Å². The van der Waals surface area contributed by atoms with Crippen molar-refractivity contribution in [3.8, 4) is 28.6 Å². The van der Waals surface area contributed by atoms with Crippen LogP contribution >= 0.6 is 0 Å². The summed E-state index contributed by atoms with van der Waals surface area (Å²) in [5.41, 5.74) is 3.23. The molecule has 4 heterocycles. The highest BCUT2D eigenvalue weighted by atomic mass is 16.5. The van der Waals surface area contributed by atoms with E-state index < -0.39 is 0 Å². The first-order valence-electron chi connectivity index (χ1n) is 12.0. The van der Waals surface area contributed by atoms with E-state index in [2.05, 4.69) is 30.8 Å². The van der Waals surface area contributed by atoms with Crippen molar-refractivity contribution < 1.29 is 14.3 Å². The third-order valence-corrected chi connectivity index (χ3v) is 6.20. The highest BCUT2D eigenvalue weighted by molar-refractivity contribution is 6.04. The van der Waals surface area contributed by atoms with Gasteiger partial charge in [0.15, 0.2) is 17.3 Å². The summed E-state index contributed by atoms with van der Waals surface area (Å²) in [5, 5.41) is 15.0. The summed E-state index contributed by atoms with van der Waals surface area (Å²) in [7, 11) is 0. The van der Waals surface area contributed by atoms with Gasteiger partial charge in [0.25, 0.3) is 5.91 Å². The summed E-state index contributed by atoms with van der Waals surface area (Å²) in [6, 6.07) is 7.15. The molecule has 1 aliphatic carbocycles. The van der Waals surface area contributed by atoms with E-state index in [-0.39, 0.29) is 23.7 Å². The van der Waals surface area contributed by atoms with Gasteiger partial charge in [0.2, 0.25) is 0 Å². The lowest BCUT2D eigenvalue weighted by atomic mass is 10.1. The van der Waals surface area contributed by atoms with Crippen LogP contribution in [0.2, 0.25) is 0 Å². The van der Waals surface area contributed by atoms with Crippen molar-refractivity contribution in [2.45, 2.75) is 51.7 Å². The maximum absolute atomic E-state index is 13.3. The molecule has 0 saturated heterocycles. The lowest BCUT2D eigenvalue weighted by molar-refractivity contribution is 0.102. The first-order valence-corrected chi connectivity index (χ1v) is 12.0. The molecule has 0 spiro atoms. The molecule has 1 aliphatic heterocycles. The standard InChI is InChI=1S/C25H26N8O3/c1-14(2)36-22-10-26-19(9-21(22)32-11-20(27-13-32)16-7-8-16)25(34)28-18-6-4-5-17-23(18)35-12-15(3)33-24(17)29-30-31-33/h4-6,9-11,13-16H,7-8,12H2,1-3H3,(H,28,34)/t15-/m0/s1. The Morgan fingerprint density at radius 1 is 1.25 bits per heavy atom. The van der Waals surface area contributed by atoms with Gasteiger partial charge < -0.3 is 19.4 Å². The quantitative estimate of drug-likeness (QED) is 0.437. The monoisotopic (exact) mass is 486 g/mol. The van der Waals surface area contributed by atoms with E-state index in [0.717, 1.165) is 18.5 Å². The van der Waals surface area contributed by atoms with Crippen molar-refractivity contribution in [3.05, 3.63) is 54.4 Å². The molecule has 11 nitrogen and oxygen atoms in total. The van der Waals surface area contributed by atoms with E-state index in [1.807, 2.05) is 43.7 Å². The summed E-state index contributed by atoms with van der Waals surface area (Å²) < 4.78 is 15.7. The van der Waals surface area contributed by atoms with Gasteiger partial charge in [-0.15, -0.1) is 5.10 Å². The van der Waals surface area contributed by atoms with E-state index in [1.165, 1.54) is 0 Å². The average molecular weight is 487 g/mol. The number of benzene rings is 1. The van der Waals surface area contributed by atoms with Crippen molar-refractivity contribution in [1.82, 2.24) is 34.7 Å². The Bertz CT molecular complexity index is 1440. The predicted molar refractivity (Wildman–Crippen MR) is 131 cm³/mol. The second kappa shape index (κ2) is 8.74. The third-order valence-electron chi connectivity index (χ3n) is 6.20. The van der Waals surface area contributed by atoms with Crippen LogP contribution in [0.15, 0.2) is 43.0 Å². The zero-order valence-electron chi connectivity index (χ0n) is 20.3. The van der Waals surface area contributed by atoms with Gasteiger partial charge in [-0.25, -0.2) is 14.6 Å². The van der Waals surface area contributed by atoms with Crippen LogP contribution < -0.4 is 14.8 Å². The van der Waals surface area contributed by atoms with Crippen LogP contribution in [0.3, 0.4) is 0 Å². The molecule has 0 bridgehead atoms. The molecule has 11 heteroatoms. The Hall–Kier alpha value is -4.28. The number of pyridine rings is 1. The van der Waals surface area contributed by atoms with Gasteiger partial charge in [-0.3, -0.25) is 4.79 Å². The van der Waals surface area contributed by atoms with Crippen LogP contribution in [0.5, 0.6) is 11.5 Å². The predicted octanol–water partition coefficient (Wildman–Crippen LogP) is 3.79. The third kappa shape index (κ3) is 4.06. The maximum Gasteiger partial charge on any atom is 0.274 e. The van der Waals surface area contributed by atoms with E-state index in [9.17, 15) is 4.79 Å². The van der Waals surface area contributed by atoms with E-state index in [1.54, 1.807) is 29.3 Å². The van der Waals surface area contributed by atoms with Crippen LogP contribution in [0.1, 0.15) is 61.8 Å². The highest BCUT2D eigenvalue weighted by Gasteiger charge is 2.27. The van der Waals surface area contributed by atoms with Crippen molar-refractivity contribution in [1.29, 1.82) is 0 Å². The fraction of sp³-hybridized carbons (Fsp3) is 0.360. The average Bonchev–Trinajstić information content (AvgIpc) is 3.42. The van der Waals surface area contributed by atoms with E-state index in [4.69, 9.17) is 9.47 Å². The first-order chi connectivity index (χ1) is 17.5. The molecule has 1 N–H and O–H groups in total. The van der Waals surface area contributed by atoms with E-state index in [0.29, 0.717) is 46.8 Å². The van der Waals surface area contributed by atoms with Crippen molar-refractivity contribution in [2.75, 3.05) is 11.9 Å². The molecular formula is C25H26N8O3. The molecule has 0 radical (unpaired) electrons. The fourth-order valence-electron chi connectivity index (χ4n) is 4.26. The molecular weight excluding hydrogens is 460 g/mol. The maximum atomic E-state index is 13.3.